The summed E-state index contributed by atoms with van der Waals surface area (Å²) in [7, 11) is 0. The number of esters is 2. The van der Waals surface area contributed by atoms with E-state index in [1.807, 2.05) is 0 Å². The molecule has 0 aromatic heterocycles. The first-order chi connectivity index (χ1) is 10.5. The van der Waals surface area contributed by atoms with Crippen molar-refractivity contribution < 1.29 is 19.1 Å². The molecule has 0 aliphatic heterocycles. The van der Waals surface area contributed by atoms with Crippen LogP contribution in [-0.2, 0) is 19.1 Å². The second kappa shape index (κ2) is 15.0. The number of ether oxygens (including phenoxy) is 2. The third-order valence-electron chi connectivity index (χ3n) is 3.23. The Morgan fingerprint density at radius 1 is 0.773 bits per heavy atom. The Hall–Kier alpha value is 0.400. The summed E-state index contributed by atoms with van der Waals surface area (Å²) in [6.45, 7) is 5.14. The van der Waals surface area contributed by atoms with Gasteiger partial charge in [0.2, 0.25) is 0 Å². The normalized spacial score (nSPS) is 13.5. The fraction of sp³-hybridized carbons (Fsp3) is 0.875. The van der Waals surface area contributed by atoms with Gasteiger partial charge in [0.05, 0.1) is 26.1 Å². The van der Waals surface area contributed by atoms with Gasteiger partial charge in [0.15, 0.2) is 0 Å². The molecule has 0 saturated carbocycles. The molecule has 2 unspecified atom stereocenters. The molecule has 6 heteroatoms. The first-order valence-corrected chi connectivity index (χ1v) is 10.6. The second-order valence-electron chi connectivity index (χ2n) is 5.27. The van der Waals surface area contributed by atoms with Crippen LogP contribution >= 0.6 is 45.2 Å². The Morgan fingerprint density at radius 2 is 1.14 bits per heavy atom. The molecule has 0 heterocycles. The van der Waals surface area contributed by atoms with Gasteiger partial charge in [0.1, 0.15) is 0 Å². The van der Waals surface area contributed by atoms with E-state index in [2.05, 4.69) is 59.0 Å². The molecule has 0 aliphatic rings. The van der Waals surface area contributed by atoms with E-state index in [1.165, 1.54) is 0 Å². The zero-order chi connectivity index (χ0) is 16.8. The van der Waals surface area contributed by atoms with E-state index in [0.717, 1.165) is 38.5 Å². The van der Waals surface area contributed by atoms with Gasteiger partial charge < -0.3 is 9.47 Å². The Kier molecular flexibility index (Phi) is 15.2. The van der Waals surface area contributed by atoms with Gasteiger partial charge in [-0.3, -0.25) is 9.59 Å². The maximum absolute atomic E-state index is 11.5. The highest BCUT2D eigenvalue weighted by Gasteiger charge is 2.10. The highest BCUT2D eigenvalue weighted by molar-refractivity contribution is 14.1. The van der Waals surface area contributed by atoms with E-state index in [-0.39, 0.29) is 11.9 Å². The van der Waals surface area contributed by atoms with Gasteiger partial charge in [0, 0.05) is 7.85 Å². The summed E-state index contributed by atoms with van der Waals surface area (Å²) in [4.78, 5) is 22.9. The van der Waals surface area contributed by atoms with Crippen LogP contribution in [0.25, 0.3) is 0 Å². The van der Waals surface area contributed by atoms with Crippen molar-refractivity contribution in [2.75, 3.05) is 13.2 Å². The van der Waals surface area contributed by atoms with Gasteiger partial charge in [0.25, 0.3) is 0 Å². The van der Waals surface area contributed by atoms with Crippen molar-refractivity contribution in [1.29, 1.82) is 0 Å². The van der Waals surface area contributed by atoms with Gasteiger partial charge >= 0.3 is 11.9 Å². The van der Waals surface area contributed by atoms with Crippen molar-refractivity contribution in [1.82, 2.24) is 0 Å². The maximum atomic E-state index is 11.5. The molecule has 0 saturated heterocycles. The van der Waals surface area contributed by atoms with Crippen molar-refractivity contribution in [3.8, 4) is 0 Å². The molecule has 4 nitrogen and oxygen atoms in total. The lowest BCUT2D eigenvalue weighted by atomic mass is 10.2. The predicted octanol–water partition coefficient (Wildman–Crippen LogP) is 4.84. The highest BCUT2D eigenvalue weighted by Crippen LogP contribution is 2.12. The van der Waals surface area contributed by atoms with Crippen LogP contribution in [0.3, 0.4) is 0 Å². The van der Waals surface area contributed by atoms with Crippen LogP contribution in [0.5, 0.6) is 0 Å². The van der Waals surface area contributed by atoms with Crippen LogP contribution in [0, 0.1) is 0 Å². The number of carbonyl (C=O) groups is 2. The van der Waals surface area contributed by atoms with E-state index < -0.39 is 0 Å². The summed E-state index contributed by atoms with van der Waals surface area (Å²) in [5.74, 6) is -0.195. The summed E-state index contributed by atoms with van der Waals surface area (Å²) in [5.41, 5.74) is 0. The molecule has 0 spiro atoms. The lowest BCUT2D eigenvalue weighted by Gasteiger charge is -2.08. The molecule has 0 aliphatic carbocycles. The molecule has 0 amide bonds. The number of carbonyl (C=O) groups excluding carboxylic acids is 2. The summed E-state index contributed by atoms with van der Waals surface area (Å²) in [5, 5.41) is 0. The van der Waals surface area contributed by atoms with Crippen LogP contribution in [0.1, 0.15) is 65.2 Å². The van der Waals surface area contributed by atoms with Crippen molar-refractivity contribution >= 4 is 57.1 Å². The summed E-state index contributed by atoms with van der Waals surface area (Å²) >= 11 is 4.55. The summed E-state index contributed by atoms with van der Waals surface area (Å²) < 4.78 is 11.1. The van der Waals surface area contributed by atoms with Crippen LogP contribution < -0.4 is 0 Å². The third kappa shape index (κ3) is 14.0. The molecule has 0 radical (unpaired) electrons. The van der Waals surface area contributed by atoms with Crippen LogP contribution in [0.4, 0.5) is 0 Å². The molecular weight excluding hydrogens is 510 g/mol. The maximum Gasteiger partial charge on any atom is 0.306 e. The second-order valence-corrected chi connectivity index (χ2v) is 8.80. The van der Waals surface area contributed by atoms with E-state index in [0.29, 0.717) is 33.9 Å². The number of unbranched alkanes of at least 4 members (excludes halogenated alkanes) is 3. The smallest absolute Gasteiger partial charge is 0.306 e. The molecule has 0 bridgehead atoms. The minimum Gasteiger partial charge on any atom is -0.466 e. The Morgan fingerprint density at radius 3 is 1.45 bits per heavy atom. The Bertz CT molecular complexity index is 281. The lowest BCUT2D eigenvalue weighted by Crippen LogP contribution is -2.12. The lowest BCUT2D eigenvalue weighted by molar-refractivity contribution is -0.144. The first-order valence-electron chi connectivity index (χ1n) is 8.08. The van der Waals surface area contributed by atoms with Gasteiger partial charge in [-0.05, 0) is 38.5 Å². The van der Waals surface area contributed by atoms with Crippen LogP contribution in [0.2, 0.25) is 0 Å². The molecule has 2 atom stereocenters. The van der Waals surface area contributed by atoms with Crippen molar-refractivity contribution in [3.63, 3.8) is 0 Å². The summed E-state index contributed by atoms with van der Waals surface area (Å²) in [6.07, 6.45) is 6.74. The Balaban J connectivity index is 3.37. The zero-order valence-corrected chi connectivity index (χ0v) is 17.9. The van der Waals surface area contributed by atoms with Gasteiger partial charge in [-0.2, -0.15) is 0 Å². The van der Waals surface area contributed by atoms with Gasteiger partial charge in [-0.1, -0.05) is 59.0 Å². The fourth-order valence-corrected chi connectivity index (χ4v) is 2.42. The molecule has 22 heavy (non-hydrogen) atoms. The third-order valence-corrected chi connectivity index (χ3v) is 5.87. The number of alkyl halides is 2. The standard InChI is InChI=1S/C16H28I2O4/c1-3-13(17)11-15(19)21-9-7-5-6-8-10-22-16(20)12-14(18)4-2/h13-14H,3-12H2,1-2H3. The van der Waals surface area contributed by atoms with E-state index in [1.54, 1.807) is 0 Å². The SMILES string of the molecule is CCC(I)CC(=O)OCCCCCCOC(=O)CC(I)CC. The minimum absolute atomic E-state index is 0.0977. The largest absolute Gasteiger partial charge is 0.466 e. The number of hydrogen-bond acceptors (Lipinski definition) is 4. The number of halogens is 2. The minimum atomic E-state index is -0.0977. The van der Waals surface area contributed by atoms with Gasteiger partial charge in [-0.15, -0.1) is 0 Å². The molecule has 0 fully saturated rings. The van der Waals surface area contributed by atoms with E-state index in [9.17, 15) is 9.59 Å². The average Bonchev–Trinajstić information content (AvgIpc) is 2.49. The molecule has 0 aromatic rings. The van der Waals surface area contributed by atoms with Crippen molar-refractivity contribution in [3.05, 3.63) is 0 Å². The average molecular weight is 538 g/mol. The molecule has 0 N–H and O–H groups in total. The number of hydrogen-bond donors (Lipinski definition) is 0. The monoisotopic (exact) mass is 538 g/mol. The molecule has 0 rings (SSSR count). The van der Waals surface area contributed by atoms with E-state index in [4.69, 9.17) is 9.47 Å². The first kappa shape index (κ1) is 22.4. The predicted molar refractivity (Wildman–Crippen MR) is 106 cm³/mol. The molecule has 0 aromatic carbocycles. The number of rotatable bonds is 13. The molecule has 130 valence electrons. The van der Waals surface area contributed by atoms with Crippen LogP contribution in [0.15, 0.2) is 0 Å². The quantitative estimate of drug-likeness (QED) is 0.146. The summed E-state index contributed by atoms with van der Waals surface area (Å²) in [6, 6.07) is 0. The van der Waals surface area contributed by atoms with Gasteiger partial charge in [-0.25, -0.2) is 0 Å². The topological polar surface area (TPSA) is 52.6 Å². The zero-order valence-electron chi connectivity index (χ0n) is 13.6. The highest BCUT2D eigenvalue weighted by atomic mass is 127. The van der Waals surface area contributed by atoms with Crippen molar-refractivity contribution in [2.24, 2.45) is 0 Å². The Labute approximate surface area is 161 Å². The van der Waals surface area contributed by atoms with Crippen LogP contribution in [-0.4, -0.2) is 33.0 Å². The van der Waals surface area contributed by atoms with E-state index >= 15 is 0 Å². The van der Waals surface area contributed by atoms with Crippen molar-refractivity contribution in [2.45, 2.75) is 73.1 Å². The fourth-order valence-electron chi connectivity index (χ4n) is 1.70. The molecular formula is C16H28I2O4.